The molecule has 1 nitrogen and oxygen atoms in total. The molecule has 0 saturated carbocycles. The first kappa shape index (κ1) is 15.9. The largest absolute Gasteiger partial charge is 0.508 e. The van der Waals surface area contributed by atoms with Gasteiger partial charge in [-0.2, -0.15) is 0 Å². The number of rotatable bonds is 6. The van der Waals surface area contributed by atoms with E-state index in [1.807, 2.05) is 12.1 Å². The summed E-state index contributed by atoms with van der Waals surface area (Å²) < 4.78 is 0. The first-order valence-electron chi connectivity index (χ1n) is 7.63. The van der Waals surface area contributed by atoms with E-state index in [4.69, 9.17) is 11.6 Å². The van der Waals surface area contributed by atoms with Crippen LogP contribution < -0.4 is 0 Å². The molecule has 0 aliphatic carbocycles. The zero-order valence-electron chi connectivity index (χ0n) is 12.7. The summed E-state index contributed by atoms with van der Waals surface area (Å²) in [4.78, 5) is 0. The van der Waals surface area contributed by atoms with Crippen molar-refractivity contribution in [1.29, 1.82) is 0 Å². The van der Waals surface area contributed by atoms with E-state index in [0.29, 0.717) is 23.5 Å². The van der Waals surface area contributed by atoms with Crippen molar-refractivity contribution in [1.82, 2.24) is 0 Å². The van der Waals surface area contributed by atoms with Crippen LogP contribution in [0.2, 0.25) is 0 Å². The average Bonchev–Trinajstić information content (AvgIpc) is 2.54. The topological polar surface area (TPSA) is 20.2 Å². The van der Waals surface area contributed by atoms with Crippen molar-refractivity contribution >= 4 is 11.6 Å². The number of hydrogen-bond donors (Lipinski definition) is 1. The van der Waals surface area contributed by atoms with Crippen LogP contribution in [0.3, 0.4) is 0 Å². The molecule has 0 bridgehead atoms. The normalized spacial score (nSPS) is 13.9. The van der Waals surface area contributed by atoms with E-state index in [1.54, 1.807) is 12.1 Å². The van der Waals surface area contributed by atoms with E-state index in [1.165, 1.54) is 11.1 Å². The van der Waals surface area contributed by atoms with Crippen molar-refractivity contribution in [2.24, 2.45) is 0 Å². The lowest BCUT2D eigenvalue weighted by Gasteiger charge is -2.26. The van der Waals surface area contributed by atoms with Crippen LogP contribution in [0.25, 0.3) is 0 Å². The van der Waals surface area contributed by atoms with Gasteiger partial charge in [0.05, 0.1) is 0 Å². The van der Waals surface area contributed by atoms with E-state index < -0.39 is 0 Å². The Labute approximate surface area is 132 Å². The molecule has 0 aliphatic heterocycles. The van der Waals surface area contributed by atoms with Gasteiger partial charge in [0.2, 0.25) is 0 Å². The number of alkyl halides is 1. The van der Waals surface area contributed by atoms with Crippen LogP contribution in [0.5, 0.6) is 5.75 Å². The van der Waals surface area contributed by atoms with Crippen LogP contribution in [0.15, 0.2) is 48.5 Å². The van der Waals surface area contributed by atoms with Gasteiger partial charge in [0, 0.05) is 5.88 Å². The standard InChI is InChI=1S/C19H23ClO/c1-3-18(15-7-5-14(13-20)6-8-15)19(4-2)16-9-11-17(21)12-10-16/h5-12,18-19,21H,3-4,13H2,1-2H3/t18-,19+/m1/s1. The third kappa shape index (κ3) is 3.79. The second-order valence-electron chi connectivity index (χ2n) is 5.50. The molecule has 0 heterocycles. The molecule has 0 radical (unpaired) electrons. The molecular formula is C19H23ClO. The molecule has 2 aromatic carbocycles. The first-order valence-corrected chi connectivity index (χ1v) is 8.16. The third-order valence-electron chi connectivity index (χ3n) is 4.25. The molecule has 2 atom stereocenters. The molecule has 0 unspecified atom stereocenters. The highest BCUT2D eigenvalue weighted by Crippen LogP contribution is 2.38. The smallest absolute Gasteiger partial charge is 0.115 e. The highest BCUT2D eigenvalue weighted by atomic mass is 35.5. The van der Waals surface area contributed by atoms with E-state index in [2.05, 4.69) is 38.1 Å². The highest BCUT2D eigenvalue weighted by molar-refractivity contribution is 6.17. The van der Waals surface area contributed by atoms with Crippen molar-refractivity contribution in [2.75, 3.05) is 0 Å². The lowest BCUT2D eigenvalue weighted by molar-refractivity contribution is 0.473. The molecule has 1 N–H and O–H groups in total. The Bertz CT molecular complexity index is 545. The maximum absolute atomic E-state index is 9.47. The minimum Gasteiger partial charge on any atom is -0.508 e. The van der Waals surface area contributed by atoms with Gasteiger partial charge >= 0.3 is 0 Å². The minimum absolute atomic E-state index is 0.327. The fraction of sp³-hybridized carbons (Fsp3) is 0.368. The predicted octanol–water partition coefficient (Wildman–Crippen LogP) is 5.82. The maximum atomic E-state index is 9.47. The molecule has 112 valence electrons. The van der Waals surface area contributed by atoms with Gasteiger partial charge in [0.25, 0.3) is 0 Å². The summed E-state index contributed by atoms with van der Waals surface area (Å²) in [6.07, 6.45) is 2.18. The van der Waals surface area contributed by atoms with Crippen molar-refractivity contribution < 1.29 is 5.11 Å². The summed E-state index contributed by atoms with van der Waals surface area (Å²) in [6.45, 7) is 4.47. The molecule has 21 heavy (non-hydrogen) atoms. The summed E-state index contributed by atoms with van der Waals surface area (Å²) in [5.41, 5.74) is 3.82. The molecule has 0 fully saturated rings. The van der Waals surface area contributed by atoms with E-state index >= 15 is 0 Å². The SMILES string of the molecule is CC[C@H](c1ccc(CCl)cc1)[C@@H](CC)c1ccc(O)cc1. The Morgan fingerprint density at radius 1 is 0.810 bits per heavy atom. The summed E-state index contributed by atoms with van der Waals surface area (Å²) in [7, 11) is 0. The summed E-state index contributed by atoms with van der Waals surface area (Å²) in [6, 6.07) is 16.3. The van der Waals surface area contributed by atoms with Gasteiger partial charge in [0.1, 0.15) is 5.75 Å². The van der Waals surface area contributed by atoms with Crippen molar-refractivity contribution in [3.8, 4) is 5.75 Å². The van der Waals surface area contributed by atoms with Crippen LogP contribution in [-0.4, -0.2) is 5.11 Å². The quantitative estimate of drug-likeness (QED) is 0.667. The summed E-state index contributed by atoms with van der Waals surface area (Å²) in [5, 5.41) is 9.47. The van der Waals surface area contributed by atoms with Gasteiger partial charge in [-0.1, -0.05) is 50.2 Å². The van der Waals surface area contributed by atoms with Gasteiger partial charge in [-0.15, -0.1) is 11.6 Å². The molecule has 0 spiro atoms. The van der Waals surface area contributed by atoms with Gasteiger partial charge in [-0.05, 0) is 53.5 Å². The van der Waals surface area contributed by atoms with Crippen molar-refractivity contribution in [2.45, 2.75) is 44.4 Å². The molecule has 2 aromatic rings. The van der Waals surface area contributed by atoms with Gasteiger partial charge < -0.3 is 5.11 Å². The molecule has 0 aromatic heterocycles. The Morgan fingerprint density at radius 2 is 1.24 bits per heavy atom. The fourth-order valence-corrected chi connectivity index (χ4v) is 3.26. The molecule has 2 heteroatoms. The number of benzene rings is 2. The van der Waals surface area contributed by atoms with E-state index in [-0.39, 0.29) is 0 Å². The molecule has 0 saturated heterocycles. The zero-order chi connectivity index (χ0) is 15.2. The Kier molecular flexibility index (Phi) is 5.69. The second kappa shape index (κ2) is 7.51. The fourth-order valence-electron chi connectivity index (χ4n) is 3.08. The monoisotopic (exact) mass is 302 g/mol. The van der Waals surface area contributed by atoms with Crippen LogP contribution in [0.4, 0.5) is 0 Å². The van der Waals surface area contributed by atoms with Crippen LogP contribution >= 0.6 is 11.6 Å². The van der Waals surface area contributed by atoms with Crippen LogP contribution in [0.1, 0.15) is 55.2 Å². The predicted molar refractivity (Wildman–Crippen MR) is 90.2 cm³/mol. The average molecular weight is 303 g/mol. The Morgan fingerprint density at radius 3 is 1.62 bits per heavy atom. The number of halogens is 1. The van der Waals surface area contributed by atoms with E-state index in [9.17, 15) is 5.11 Å². The van der Waals surface area contributed by atoms with Gasteiger partial charge in [0.15, 0.2) is 0 Å². The van der Waals surface area contributed by atoms with Gasteiger partial charge in [-0.3, -0.25) is 0 Å². The lowest BCUT2D eigenvalue weighted by atomic mass is 9.78. The van der Waals surface area contributed by atoms with Gasteiger partial charge in [-0.25, -0.2) is 0 Å². The van der Waals surface area contributed by atoms with Crippen LogP contribution in [-0.2, 0) is 5.88 Å². The van der Waals surface area contributed by atoms with E-state index in [0.717, 1.165) is 18.4 Å². The van der Waals surface area contributed by atoms with Crippen molar-refractivity contribution in [3.63, 3.8) is 0 Å². The number of hydrogen-bond acceptors (Lipinski definition) is 1. The Hall–Kier alpha value is -1.47. The second-order valence-corrected chi connectivity index (χ2v) is 5.76. The number of aromatic hydroxyl groups is 1. The van der Waals surface area contributed by atoms with Crippen molar-refractivity contribution in [3.05, 3.63) is 65.2 Å². The number of phenolic OH excluding ortho intramolecular Hbond substituents is 1. The lowest BCUT2D eigenvalue weighted by Crippen LogP contribution is -2.10. The first-order chi connectivity index (χ1) is 10.2. The maximum Gasteiger partial charge on any atom is 0.115 e. The summed E-state index contributed by atoms with van der Waals surface area (Å²) >= 11 is 5.87. The number of phenols is 1. The molecule has 0 aliphatic rings. The highest BCUT2D eigenvalue weighted by Gasteiger charge is 2.21. The molecular weight excluding hydrogens is 280 g/mol. The zero-order valence-corrected chi connectivity index (χ0v) is 13.5. The molecule has 2 rings (SSSR count). The Balaban J connectivity index is 2.29. The summed E-state index contributed by atoms with van der Waals surface area (Å²) in [5.74, 6) is 1.85. The third-order valence-corrected chi connectivity index (χ3v) is 4.56. The minimum atomic E-state index is 0.327. The molecule has 0 amide bonds. The van der Waals surface area contributed by atoms with Crippen LogP contribution in [0, 0.1) is 0 Å².